The molecule has 0 saturated heterocycles. The van der Waals surface area contributed by atoms with Gasteiger partial charge in [-0.05, 0) is 4.92 Å². The molecule has 1 aromatic rings. The molecule has 0 spiro atoms. The Morgan fingerprint density at radius 2 is 2.33 bits per heavy atom. The Hall–Kier alpha value is -2.00. The number of rotatable bonds is 4. The fraction of sp³-hybridized carbons (Fsp3) is 0.333. The van der Waals surface area contributed by atoms with Crippen LogP contribution in [0, 0.1) is 10.1 Å². The number of carbonyl (C=O) groups is 1. The summed E-state index contributed by atoms with van der Waals surface area (Å²) in [5.41, 5.74) is 4.85. The fourth-order valence-corrected chi connectivity index (χ4v) is 0.980. The first kappa shape index (κ1) is 11.1. The van der Waals surface area contributed by atoms with Gasteiger partial charge in [-0.15, -0.1) is 5.10 Å². The lowest BCUT2D eigenvalue weighted by molar-refractivity contribution is -0.390. The number of nitro groups is 1. The summed E-state index contributed by atoms with van der Waals surface area (Å²) in [5.74, 6) is -2.03. The molecule has 82 valence electrons. The van der Waals surface area contributed by atoms with Gasteiger partial charge in [-0.2, -0.15) is 0 Å². The molecule has 0 aliphatic rings. The van der Waals surface area contributed by atoms with E-state index in [-0.39, 0.29) is 5.56 Å². The maximum absolute atomic E-state index is 10.4. The Kier molecular flexibility index (Phi) is 2.97. The number of nitrogens with two attached hydrogens (primary N) is 1. The van der Waals surface area contributed by atoms with Crippen LogP contribution in [0.5, 0.6) is 0 Å². The molecule has 5 N–H and O–H groups in total. The third kappa shape index (κ3) is 2.08. The number of aliphatic carboxylic acids is 1. The SMILES string of the molecule is NC(C(=O)O)C(O)c1cn[nH]c1[N+](=O)[O-]. The number of aliphatic hydroxyl groups is 1. The number of aromatic amines is 1. The zero-order valence-corrected chi connectivity index (χ0v) is 7.32. The second-order valence-electron chi connectivity index (χ2n) is 2.74. The van der Waals surface area contributed by atoms with Crippen molar-refractivity contribution in [3.63, 3.8) is 0 Å². The number of nitrogens with one attached hydrogen (secondary N) is 1. The second kappa shape index (κ2) is 4.02. The topological polar surface area (TPSA) is 155 Å². The van der Waals surface area contributed by atoms with Gasteiger partial charge in [0.15, 0.2) is 0 Å². The first-order chi connectivity index (χ1) is 6.95. The first-order valence-electron chi connectivity index (χ1n) is 3.79. The predicted octanol–water partition coefficient (Wildman–Crippen LogP) is -1.24. The molecule has 9 nitrogen and oxygen atoms in total. The van der Waals surface area contributed by atoms with Crippen molar-refractivity contribution in [2.75, 3.05) is 0 Å². The molecule has 2 unspecified atom stereocenters. The van der Waals surface area contributed by atoms with E-state index >= 15 is 0 Å². The van der Waals surface area contributed by atoms with Crippen LogP contribution in [0.15, 0.2) is 6.20 Å². The van der Waals surface area contributed by atoms with Gasteiger partial charge in [-0.25, -0.2) is 0 Å². The van der Waals surface area contributed by atoms with E-state index in [2.05, 4.69) is 5.10 Å². The van der Waals surface area contributed by atoms with E-state index in [1.54, 1.807) is 0 Å². The molecule has 0 bridgehead atoms. The highest BCUT2D eigenvalue weighted by molar-refractivity contribution is 5.74. The standard InChI is InChI=1S/C6H8N4O5/c7-3(6(12)13)4(11)2-1-8-9-5(2)10(14)15/h1,3-4,11H,7H2,(H,8,9)(H,12,13). The third-order valence-electron chi connectivity index (χ3n) is 1.77. The normalized spacial score (nSPS) is 14.5. The van der Waals surface area contributed by atoms with Gasteiger partial charge in [0.1, 0.15) is 17.7 Å². The van der Waals surface area contributed by atoms with Gasteiger partial charge in [0.2, 0.25) is 0 Å². The van der Waals surface area contributed by atoms with E-state index in [0.717, 1.165) is 6.20 Å². The van der Waals surface area contributed by atoms with E-state index in [0.29, 0.717) is 0 Å². The van der Waals surface area contributed by atoms with Gasteiger partial charge in [0.25, 0.3) is 0 Å². The average molecular weight is 216 g/mol. The van der Waals surface area contributed by atoms with E-state index in [1.165, 1.54) is 0 Å². The molecule has 2 atom stereocenters. The van der Waals surface area contributed by atoms with Crippen molar-refractivity contribution in [3.05, 3.63) is 21.9 Å². The molecule has 0 aliphatic heterocycles. The molecule has 1 aromatic heterocycles. The lowest BCUT2D eigenvalue weighted by Crippen LogP contribution is -2.36. The van der Waals surface area contributed by atoms with Crippen LogP contribution in [0.2, 0.25) is 0 Å². The number of carboxylic acid groups (broad SMARTS) is 1. The summed E-state index contributed by atoms with van der Waals surface area (Å²) < 4.78 is 0. The van der Waals surface area contributed by atoms with Crippen molar-refractivity contribution in [2.24, 2.45) is 5.73 Å². The molecule has 0 saturated carbocycles. The largest absolute Gasteiger partial charge is 0.480 e. The molecule has 0 aromatic carbocycles. The van der Waals surface area contributed by atoms with Crippen LogP contribution in [-0.4, -0.2) is 37.3 Å². The number of aromatic nitrogens is 2. The van der Waals surface area contributed by atoms with Gasteiger partial charge in [0.05, 0.1) is 6.20 Å². The molecule has 9 heteroatoms. The van der Waals surface area contributed by atoms with Crippen LogP contribution >= 0.6 is 0 Å². The van der Waals surface area contributed by atoms with E-state index < -0.39 is 28.9 Å². The molecular formula is C6H8N4O5. The number of hydrogen-bond donors (Lipinski definition) is 4. The van der Waals surface area contributed by atoms with Crippen molar-refractivity contribution in [2.45, 2.75) is 12.1 Å². The minimum atomic E-state index is -1.68. The van der Waals surface area contributed by atoms with Crippen molar-refractivity contribution >= 4 is 11.8 Å². The van der Waals surface area contributed by atoms with Gasteiger partial charge in [-0.3, -0.25) is 4.79 Å². The van der Waals surface area contributed by atoms with Gasteiger partial charge in [-0.1, -0.05) is 5.10 Å². The molecule has 1 heterocycles. The molecule has 0 aliphatic carbocycles. The van der Waals surface area contributed by atoms with Gasteiger partial charge in [0, 0.05) is 0 Å². The van der Waals surface area contributed by atoms with E-state index in [1.807, 2.05) is 5.10 Å². The summed E-state index contributed by atoms with van der Waals surface area (Å²) in [4.78, 5) is 20.0. The number of H-pyrrole nitrogens is 1. The quantitative estimate of drug-likeness (QED) is 0.362. The number of hydrogen-bond acceptors (Lipinski definition) is 6. The fourth-order valence-electron chi connectivity index (χ4n) is 0.980. The summed E-state index contributed by atoms with van der Waals surface area (Å²) in [7, 11) is 0. The van der Waals surface area contributed by atoms with Crippen LogP contribution in [0.4, 0.5) is 5.82 Å². The summed E-state index contributed by atoms with van der Waals surface area (Å²) in [6.45, 7) is 0. The monoisotopic (exact) mass is 216 g/mol. The van der Waals surface area contributed by atoms with Crippen molar-refractivity contribution < 1.29 is 19.9 Å². The Bertz CT molecular complexity index is 389. The summed E-state index contributed by atoms with van der Waals surface area (Å²) in [6, 6.07) is -1.64. The van der Waals surface area contributed by atoms with Crippen LogP contribution in [0.3, 0.4) is 0 Å². The molecule has 0 radical (unpaired) electrons. The second-order valence-corrected chi connectivity index (χ2v) is 2.74. The highest BCUT2D eigenvalue weighted by Gasteiger charge is 2.30. The molecular weight excluding hydrogens is 208 g/mol. The van der Waals surface area contributed by atoms with Crippen LogP contribution in [0.1, 0.15) is 11.7 Å². The zero-order valence-electron chi connectivity index (χ0n) is 7.32. The molecule has 15 heavy (non-hydrogen) atoms. The third-order valence-corrected chi connectivity index (χ3v) is 1.77. The summed E-state index contributed by atoms with van der Waals surface area (Å²) in [6.07, 6.45) is -0.715. The number of aliphatic hydroxyl groups excluding tert-OH is 1. The number of nitrogens with zero attached hydrogens (tertiary/aromatic N) is 2. The lowest BCUT2D eigenvalue weighted by Gasteiger charge is -2.12. The van der Waals surface area contributed by atoms with Crippen LogP contribution in [0.25, 0.3) is 0 Å². The summed E-state index contributed by atoms with van der Waals surface area (Å²) in [5, 5.41) is 33.7. The Balaban J connectivity index is 3.00. The minimum Gasteiger partial charge on any atom is -0.480 e. The molecule has 1 rings (SSSR count). The Morgan fingerprint density at radius 3 is 2.80 bits per heavy atom. The highest BCUT2D eigenvalue weighted by atomic mass is 16.6. The Morgan fingerprint density at radius 1 is 1.73 bits per heavy atom. The van der Waals surface area contributed by atoms with Gasteiger partial charge < -0.3 is 26.1 Å². The van der Waals surface area contributed by atoms with E-state index in [4.69, 9.17) is 10.8 Å². The maximum Gasteiger partial charge on any atom is 0.348 e. The van der Waals surface area contributed by atoms with Crippen molar-refractivity contribution in [3.8, 4) is 0 Å². The first-order valence-corrected chi connectivity index (χ1v) is 3.79. The van der Waals surface area contributed by atoms with Crippen LogP contribution < -0.4 is 5.73 Å². The Labute approximate surface area is 82.7 Å². The van der Waals surface area contributed by atoms with Crippen LogP contribution in [-0.2, 0) is 4.79 Å². The van der Waals surface area contributed by atoms with E-state index in [9.17, 15) is 20.0 Å². The minimum absolute atomic E-state index is 0.255. The average Bonchev–Trinajstić information content (AvgIpc) is 2.63. The number of carboxylic acids is 1. The highest BCUT2D eigenvalue weighted by Crippen LogP contribution is 2.23. The smallest absolute Gasteiger partial charge is 0.348 e. The lowest BCUT2D eigenvalue weighted by atomic mass is 10.1. The van der Waals surface area contributed by atoms with Crippen molar-refractivity contribution in [1.82, 2.24) is 10.2 Å². The summed E-state index contributed by atoms with van der Waals surface area (Å²) >= 11 is 0. The van der Waals surface area contributed by atoms with Crippen molar-refractivity contribution in [1.29, 1.82) is 0 Å². The molecule has 0 amide bonds. The maximum atomic E-state index is 10.4. The zero-order chi connectivity index (χ0) is 11.6. The van der Waals surface area contributed by atoms with Gasteiger partial charge >= 0.3 is 11.8 Å². The predicted molar refractivity (Wildman–Crippen MR) is 45.8 cm³/mol. The molecule has 0 fully saturated rings.